The van der Waals surface area contributed by atoms with Gasteiger partial charge in [0.1, 0.15) is 0 Å². The summed E-state index contributed by atoms with van der Waals surface area (Å²) in [6.07, 6.45) is -0.851. The van der Waals surface area contributed by atoms with Crippen LogP contribution in [0.15, 0.2) is 12.1 Å². The minimum absolute atomic E-state index is 0.00981. The molecule has 0 bridgehead atoms. The second-order valence-electron chi connectivity index (χ2n) is 3.87. The first-order chi connectivity index (χ1) is 7.81. The molecule has 17 heavy (non-hydrogen) atoms. The van der Waals surface area contributed by atoms with Crippen LogP contribution in [0.3, 0.4) is 0 Å². The van der Waals surface area contributed by atoms with Gasteiger partial charge in [0.15, 0.2) is 11.5 Å². The minimum Gasteiger partial charge on any atom is -0.493 e. The van der Waals surface area contributed by atoms with Crippen molar-refractivity contribution < 1.29 is 23.4 Å². The molecule has 0 radical (unpaired) electrons. The van der Waals surface area contributed by atoms with Crippen LogP contribution in [-0.2, 0) is 5.92 Å². The lowest BCUT2D eigenvalue weighted by Crippen LogP contribution is -2.11. The van der Waals surface area contributed by atoms with Crippen LogP contribution in [0.25, 0.3) is 0 Å². The molecule has 0 fully saturated rings. The Morgan fingerprint density at radius 1 is 1.24 bits per heavy atom. The van der Waals surface area contributed by atoms with E-state index in [2.05, 4.69) is 0 Å². The predicted octanol–water partition coefficient (Wildman–Crippen LogP) is 2.87. The Balaban J connectivity index is 3.48. The van der Waals surface area contributed by atoms with Crippen LogP contribution >= 0.6 is 0 Å². The number of aliphatic hydroxyl groups excluding tert-OH is 1. The fraction of sp³-hybridized carbons (Fsp3) is 0.500. The first kappa shape index (κ1) is 13.7. The van der Waals surface area contributed by atoms with Gasteiger partial charge in [0.2, 0.25) is 0 Å². The Kier molecular flexibility index (Phi) is 3.93. The number of alkyl halides is 2. The van der Waals surface area contributed by atoms with E-state index in [1.807, 2.05) is 0 Å². The zero-order valence-electron chi connectivity index (χ0n) is 10.3. The molecule has 5 heteroatoms. The third-order valence-electron chi connectivity index (χ3n) is 2.46. The van der Waals surface area contributed by atoms with Crippen LogP contribution in [-0.4, -0.2) is 19.3 Å². The largest absolute Gasteiger partial charge is 0.493 e. The van der Waals surface area contributed by atoms with Gasteiger partial charge in [0.05, 0.1) is 25.9 Å². The van der Waals surface area contributed by atoms with Crippen molar-refractivity contribution in [3.63, 3.8) is 0 Å². The molecule has 0 aliphatic heterocycles. The molecular weight excluding hydrogens is 230 g/mol. The maximum Gasteiger partial charge on any atom is 0.274 e. The van der Waals surface area contributed by atoms with Gasteiger partial charge in [0, 0.05) is 6.92 Å². The van der Waals surface area contributed by atoms with E-state index in [9.17, 15) is 13.9 Å². The molecule has 1 rings (SSSR count). The van der Waals surface area contributed by atoms with E-state index in [0.29, 0.717) is 5.56 Å². The van der Waals surface area contributed by atoms with Crippen molar-refractivity contribution >= 4 is 0 Å². The van der Waals surface area contributed by atoms with Gasteiger partial charge < -0.3 is 14.6 Å². The van der Waals surface area contributed by atoms with Crippen LogP contribution in [0.5, 0.6) is 11.5 Å². The fourth-order valence-electron chi connectivity index (χ4n) is 1.55. The van der Waals surface area contributed by atoms with Crippen LogP contribution in [0.1, 0.15) is 31.1 Å². The van der Waals surface area contributed by atoms with Crippen molar-refractivity contribution in [2.45, 2.75) is 25.9 Å². The van der Waals surface area contributed by atoms with Gasteiger partial charge in [-0.05, 0) is 24.6 Å². The van der Waals surface area contributed by atoms with E-state index in [1.165, 1.54) is 33.3 Å². The monoisotopic (exact) mass is 246 g/mol. The molecule has 0 aliphatic carbocycles. The topological polar surface area (TPSA) is 38.7 Å². The van der Waals surface area contributed by atoms with Crippen LogP contribution in [0.4, 0.5) is 8.78 Å². The highest BCUT2D eigenvalue weighted by Crippen LogP contribution is 2.42. The number of methoxy groups -OCH3 is 2. The number of aliphatic hydroxyl groups is 1. The Morgan fingerprint density at radius 3 is 2.18 bits per heavy atom. The lowest BCUT2D eigenvalue weighted by molar-refractivity contribution is 0.0144. The van der Waals surface area contributed by atoms with Crippen molar-refractivity contribution in [2.75, 3.05) is 14.2 Å². The molecule has 1 atom stereocenters. The lowest BCUT2D eigenvalue weighted by atomic mass is 10.0. The SMILES string of the molecule is COc1cc(C(C)O)cc(C(C)(F)F)c1OC. The molecule has 3 nitrogen and oxygen atoms in total. The van der Waals surface area contributed by atoms with E-state index >= 15 is 0 Å². The Morgan fingerprint density at radius 2 is 1.82 bits per heavy atom. The van der Waals surface area contributed by atoms with E-state index in [1.54, 1.807) is 0 Å². The predicted molar refractivity (Wildman–Crippen MR) is 59.7 cm³/mol. The molecular formula is C12H16F2O3. The molecule has 1 aromatic rings. The summed E-state index contributed by atoms with van der Waals surface area (Å²) >= 11 is 0. The van der Waals surface area contributed by atoms with Gasteiger partial charge in [-0.15, -0.1) is 0 Å². The summed E-state index contributed by atoms with van der Waals surface area (Å²) < 4.78 is 36.8. The number of hydrogen-bond donors (Lipinski definition) is 1. The first-order valence-corrected chi connectivity index (χ1v) is 5.13. The number of halogens is 2. The molecule has 0 saturated heterocycles. The third kappa shape index (κ3) is 2.85. The molecule has 0 amide bonds. The molecule has 1 aromatic carbocycles. The summed E-state index contributed by atoms with van der Waals surface area (Å²) in [5, 5.41) is 9.46. The molecule has 1 unspecified atom stereocenters. The van der Waals surface area contributed by atoms with Gasteiger partial charge in [-0.3, -0.25) is 0 Å². The second-order valence-corrected chi connectivity index (χ2v) is 3.87. The second kappa shape index (κ2) is 4.87. The zero-order valence-corrected chi connectivity index (χ0v) is 10.3. The maximum atomic E-state index is 13.4. The van der Waals surface area contributed by atoms with Crippen LogP contribution in [0.2, 0.25) is 0 Å². The van der Waals surface area contributed by atoms with Gasteiger partial charge >= 0.3 is 0 Å². The van der Waals surface area contributed by atoms with Crippen LogP contribution in [0, 0.1) is 0 Å². The Hall–Kier alpha value is -1.36. The Labute approximate surface area is 99.0 Å². The van der Waals surface area contributed by atoms with Crippen molar-refractivity contribution in [1.82, 2.24) is 0 Å². The van der Waals surface area contributed by atoms with Crippen LogP contribution < -0.4 is 9.47 Å². The Bertz CT molecular complexity index is 397. The highest BCUT2D eigenvalue weighted by molar-refractivity contribution is 5.51. The average Bonchev–Trinajstić information content (AvgIpc) is 2.25. The van der Waals surface area contributed by atoms with E-state index in [4.69, 9.17) is 9.47 Å². The maximum absolute atomic E-state index is 13.4. The smallest absolute Gasteiger partial charge is 0.274 e. The highest BCUT2D eigenvalue weighted by Gasteiger charge is 2.31. The molecule has 1 N–H and O–H groups in total. The third-order valence-corrected chi connectivity index (χ3v) is 2.46. The first-order valence-electron chi connectivity index (χ1n) is 5.13. The zero-order chi connectivity index (χ0) is 13.2. The summed E-state index contributed by atoms with van der Waals surface area (Å²) in [6, 6.07) is 2.71. The highest BCUT2D eigenvalue weighted by atomic mass is 19.3. The molecule has 0 aromatic heterocycles. The summed E-state index contributed by atoms with van der Waals surface area (Å²) in [7, 11) is 2.66. The summed E-state index contributed by atoms with van der Waals surface area (Å²) in [6.45, 7) is 2.27. The van der Waals surface area contributed by atoms with Gasteiger partial charge in [-0.2, -0.15) is 0 Å². The van der Waals surface area contributed by atoms with Crippen molar-refractivity contribution in [2.24, 2.45) is 0 Å². The lowest BCUT2D eigenvalue weighted by Gasteiger charge is -2.19. The summed E-state index contributed by atoms with van der Waals surface area (Å²) in [5.41, 5.74) is 0.0643. The van der Waals surface area contributed by atoms with Crippen molar-refractivity contribution in [3.05, 3.63) is 23.3 Å². The summed E-state index contributed by atoms with van der Waals surface area (Å²) in [5.74, 6) is -2.89. The van der Waals surface area contributed by atoms with E-state index < -0.39 is 12.0 Å². The van der Waals surface area contributed by atoms with Gasteiger partial charge in [-0.25, -0.2) is 8.78 Å². The van der Waals surface area contributed by atoms with E-state index in [-0.39, 0.29) is 17.1 Å². The number of rotatable bonds is 4. The van der Waals surface area contributed by atoms with E-state index in [0.717, 1.165) is 6.92 Å². The van der Waals surface area contributed by atoms with Crippen molar-refractivity contribution in [3.8, 4) is 11.5 Å². The van der Waals surface area contributed by atoms with Gasteiger partial charge in [-0.1, -0.05) is 0 Å². The molecule has 96 valence electrons. The normalized spacial score (nSPS) is 13.4. The standard InChI is InChI=1S/C12H16F2O3/c1-7(15)8-5-9(12(2,13)14)11(17-4)10(6-8)16-3/h5-7,15H,1-4H3. The number of benzene rings is 1. The molecule has 0 saturated carbocycles. The molecule has 0 heterocycles. The number of ether oxygens (including phenoxy) is 2. The quantitative estimate of drug-likeness (QED) is 0.887. The number of hydrogen-bond acceptors (Lipinski definition) is 3. The fourth-order valence-corrected chi connectivity index (χ4v) is 1.55. The summed E-state index contributed by atoms with van der Waals surface area (Å²) in [4.78, 5) is 0. The minimum atomic E-state index is -3.07. The van der Waals surface area contributed by atoms with Crippen molar-refractivity contribution in [1.29, 1.82) is 0 Å². The average molecular weight is 246 g/mol. The molecule has 0 aliphatic rings. The molecule has 0 spiro atoms. The van der Waals surface area contributed by atoms with Gasteiger partial charge in [0.25, 0.3) is 5.92 Å².